The molecule has 6 heteroatoms. The molecule has 0 radical (unpaired) electrons. The highest BCUT2D eigenvalue weighted by atomic mass is 32.2. The topological polar surface area (TPSA) is 80.2 Å². The number of fused-ring (bicyclic) bond motifs is 1. The number of hydrogen-bond acceptors (Lipinski definition) is 4. The van der Waals surface area contributed by atoms with E-state index in [4.69, 9.17) is 0 Å². The molecule has 0 saturated heterocycles. The van der Waals surface area contributed by atoms with E-state index in [2.05, 4.69) is 9.97 Å². The normalized spacial score (nSPS) is 11.8. The lowest BCUT2D eigenvalue weighted by atomic mass is 10.00. The first-order valence-electron chi connectivity index (χ1n) is 7.08. The van der Waals surface area contributed by atoms with E-state index < -0.39 is 10.1 Å². The molecule has 2 heterocycles. The molecule has 118 valence electrons. The van der Waals surface area contributed by atoms with E-state index in [0.717, 1.165) is 22.1 Å². The Balaban J connectivity index is 2.48. The minimum absolute atomic E-state index is 0.128. The van der Waals surface area contributed by atoms with Crippen LogP contribution in [0.5, 0.6) is 0 Å². The van der Waals surface area contributed by atoms with Gasteiger partial charge >= 0.3 is 0 Å². The summed E-state index contributed by atoms with van der Waals surface area (Å²) in [6.07, 6.45) is 3.31. The maximum absolute atomic E-state index is 11.8. The van der Waals surface area contributed by atoms with Crippen LogP contribution in [0.4, 0.5) is 0 Å². The van der Waals surface area contributed by atoms with Crippen LogP contribution < -0.4 is 0 Å². The fourth-order valence-corrected chi connectivity index (χ4v) is 3.84. The standard InChI is InChI=1S/C17H16N2O3S/c1-10-8-12(3)17(23(20,21)22)16-15(10)11(2)9-14(19-16)13-4-6-18-7-5-13/h4-9H,1-3H3,(H,20,21,22). The predicted octanol–water partition coefficient (Wildman–Crippen LogP) is 3.47. The molecule has 0 bridgehead atoms. The zero-order chi connectivity index (χ0) is 16.8. The summed E-state index contributed by atoms with van der Waals surface area (Å²) >= 11 is 0. The van der Waals surface area contributed by atoms with Crippen LogP contribution in [0.3, 0.4) is 0 Å². The largest absolute Gasteiger partial charge is 0.296 e. The van der Waals surface area contributed by atoms with E-state index in [1.165, 1.54) is 0 Å². The average Bonchev–Trinajstić information content (AvgIpc) is 2.45. The summed E-state index contributed by atoms with van der Waals surface area (Å²) in [4.78, 5) is 8.38. The summed E-state index contributed by atoms with van der Waals surface area (Å²) < 4.78 is 33.3. The number of hydrogen-bond donors (Lipinski definition) is 1. The smallest absolute Gasteiger partial charge is 0.282 e. The van der Waals surface area contributed by atoms with Crippen molar-refractivity contribution in [3.8, 4) is 11.3 Å². The maximum Gasteiger partial charge on any atom is 0.296 e. The van der Waals surface area contributed by atoms with E-state index in [0.29, 0.717) is 16.8 Å². The summed E-state index contributed by atoms with van der Waals surface area (Å²) in [5.41, 5.74) is 4.10. The Morgan fingerprint density at radius 2 is 1.57 bits per heavy atom. The van der Waals surface area contributed by atoms with Crippen molar-refractivity contribution in [2.45, 2.75) is 25.7 Å². The predicted molar refractivity (Wildman–Crippen MR) is 89.0 cm³/mol. The lowest BCUT2D eigenvalue weighted by molar-refractivity contribution is 0.483. The van der Waals surface area contributed by atoms with E-state index in [-0.39, 0.29) is 4.90 Å². The van der Waals surface area contributed by atoms with Gasteiger partial charge in [-0.1, -0.05) is 6.07 Å². The van der Waals surface area contributed by atoms with Crippen LogP contribution in [0.15, 0.2) is 41.6 Å². The quantitative estimate of drug-likeness (QED) is 0.729. The molecule has 2 aromatic heterocycles. The molecule has 0 atom stereocenters. The van der Waals surface area contributed by atoms with Gasteiger partial charge in [0.25, 0.3) is 10.1 Å². The minimum atomic E-state index is -4.37. The lowest BCUT2D eigenvalue weighted by Crippen LogP contribution is -2.05. The number of nitrogens with zero attached hydrogens (tertiary/aromatic N) is 2. The zero-order valence-electron chi connectivity index (χ0n) is 13.0. The Morgan fingerprint density at radius 1 is 0.957 bits per heavy atom. The number of aromatic nitrogens is 2. The molecule has 23 heavy (non-hydrogen) atoms. The monoisotopic (exact) mass is 328 g/mol. The Hall–Kier alpha value is -2.31. The Bertz CT molecular complexity index is 1010. The molecular weight excluding hydrogens is 312 g/mol. The lowest BCUT2D eigenvalue weighted by Gasteiger charge is -2.14. The molecule has 0 saturated carbocycles. The molecule has 0 unspecified atom stereocenters. The van der Waals surface area contributed by atoms with Crippen molar-refractivity contribution < 1.29 is 13.0 Å². The van der Waals surface area contributed by atoms with Crippen molar-refractivity contribution in [1.29, 1.82) is 0 Å². The molecule has 0 aliphatic heterocycles. The number of pyridine rings is 2. The molecule has 3 rings (SSSR count). The number of aryl methyl sites for hydroxylation is 3. The van der Waals surface area contributed by atoms with Crippen molar-refractivity contribution >= 4 is 21.0 Å². The summed E-state index contributed by atoms with van der Waals surface area (Å²) in [6, 6.07) is 7.28. The first-order valence-corrected chi connectivity index (χ1v) is 8.52. The van der Waals surface area contributed by atoms with Crippen molar-refractivity contribution in [2.75, 3.05) is 0 Å². The molecular formula is C17H16N2O3S. The summed E-state index contributed by atoms with van der Waals surface area (Å²) in [5.74, 6) is 0. The molecule has 0 fully saturated rings. The van der Waals surface area contributed by atoms with Crippen LogP contribution in [0.2, 0.25) is 0 Å². The van der Waals surface area contributed by atoms with Gasteiger partial charge in [0.05, 0.1) is 11.2 Å². The third-order valence-corrected chi connectivity index (χ3v) is 4.88. The van der Waals surface area contributed by atoms with Crippen LogP contribution in [0, 0.1) is 20.8 Å². The Labute approximate surface area is 134 Å². The van der Waals surface area contributed by atoms with E-state index in [1.807, 2.05) is 32.0 Å². The van der Waals surface area contributed by atoms with Gasteiger partial charge in [-0.15, -0.1) is 0 Å². The van der Waals surface area contributed by atoms with Gasteiger partial charge < -0.3 is 0 Å². The molecule has 0 amide bonds. The minimum Gasteiger partial charge on any atom is -0.282 e. The zero-order valence-corrected chi connectivity index (χ0v) is 13.8. The second-order valence-corrected chi connectivity index (χ2v) is 6.96. The first-order chi connectivity index (χ1) is 10.8. The molecule has 5 nitrogen and oxygen atoms in total. The van der Waals surface area contributed by atoms with Crippen molar-refractivity contribution in [1.82, 2.24) is 9.97 Å². The number of rotatable bonds is 2. The molecule has 0 spiro atoms. The molecule has 1 N–H and O–H groups in total. The fraction of sp³-hybridized carbons (Fsp3) is 0.176. The molecule has 0 aliphatic rings. The fourth-order valence-electron chi connectivity index (χ4n) is 2.98. The van der Waals surface area contributed by atoms with Gasteiger partial charge in [0.15, 0.2) is 0 Å². The molecule has 1 aromatic carbocycles. The second-order valence-electron chi connectivity index (χ2n) is 5.60. The summed E-state index contributed by atoms with van der Waals surface area (Å²) in [7, 11) is -4.37. The highest BCUT2D eigenvalue weighted by Gasteiger charge is 2.21. The van der Waals surface area contributed by atoms with Crippen molar-refractivity contribution in [2.24, 2.45) is 0 Å². The summed E-state index contributed by atoms with van der Waals surface area (Å²) in [5, 5.41) is 0.751. The van der Waals surface area contributed by atoms with Gasteiger partial charge in [-0.3, -0.25) is 9.54 Å². The van der Waals surface area contributed by atoms with Gasteiger partial charge in [0, 0.05) is 23.3 Å². The SMILES string of the molecule is Cc1cc(C)c2c(C)cc(-c3ccncc3)nc2c1S(=O)(=O)O. The average molecular weight is 328 g/mol. The highest BCUT2D eigenvalue weighted by molar-refractivity contribution is 7.86. The molecule has 3 aromatic rings. The van der Waals surface area contributed by atoms with Crippen molar-refractivity contribution in [3.63, 3.8) is 0 Å². The van der Waals surface area contributed by atoms with Crippen molar-refractivity contribution in [3.05, 3.63) is 53.3 Å². The van der Waals surface area contributed by atoms with Crippen LogP contribution in [0.25, 0.3) is 22.2 Å². The maximum atomic E-state index is 11.8. The van der Waals surface area contributed by atoms with Crippen LogP contribution in [0.1, 0.15) is 16.7 Å². The van der Waals surface area contributed by atoms with E-state index in [1.54, 1.807) is 25.4 Å². The van der Waals surface area contributed by atoms with Gasteiger partial charge in [0.1, 0.15) is 4.90 Å². The first kappa shape index (κ1) is 15.6. The van der Waals surface area contributed by atoms with Crippen LogP contribution >= 0.6 is 0 Å². The van der Waals surface area contributed by atoms with Gasteiger partial charge in [0.2, 0.25) is 0 Å². The third kappa shape index (κ3) is 2.71. The Morgan fingerprint density at radius 3 is 2.17 bits per heavy atom. The van der Waals surface area contributed by atoms with E-state index >= 15 is 0 Å². The number of benzene rings is 1. The highest BCUT2D eigenvalue weighted by Crippen LogP contribution is 2.32. The Kier molecular flexibility index (Phi) is 3.66. The van der Waals surface area contributed by atoms with E-state index in [9.17, 15) is 13.0 Å². The van der Waals surface area contributed by atoms with Gasteiger partial charge in [-0.25, -0.2) is 4.98 Å². The third-order valence-electron chi connectivity index (χ3n) is 3.85. The van der Waals surface area contributed by atoms with Crippen LogP contribution in [-0.2, 0) is 10.1 Å². The van der Waals surface area contributed by atoms with Gasteiger partial charge in [-0.05, 0) is 55.7 Å². The second kappa shape index (κ2) is 5.40. The summed E-state index contributed by atoms with van der Waals surface area (Å²) in [6.45, 7) is 5.47. The van der Waals surface area contributed by atoms with Crippen LogP contribution in [-0.4, -0.2) is 22.9 Å². The molecule has 0 aliphatic carbocycles. The van der Waals surface area contributed by atoms with Gasteiger partial charge in [-0.2, -0.15) is 8.42 Å².